The molecule has 0 radical (unpaired) electrons. The molecule has 0 amide bonds. The van der Waals surface area contributed by atoms with Gasteiger partial charge in [-0.15, -0.1) is 0 Å². The minimum Gasteiger partial charge on any atom is -0.384 e. The Balaban J connectivity index is 1.57. The third-order valence-electron chi connectivity index (χ3n) is 3.69. The highest BCUT2D eigenvalue weighted by Gasteiger charge is 2.21. The molecular weight excluding hydrogens is 218 g/mol. The Morgan fingerprint density at radius 3 is 2.53 bits per heavy atom. The van der Waals surface area contributed by atoms with Gasteiger partial charge in [0.1, 0.15) is 0 Å². The van der Waals surface area contributed by atoms with E-state index in [-0.39, 0.29) is 6.29 Å². The van der Waals surface area contributed by atoms with Gasteiger partial charge in [0.2, 0.25) is 0 Å². The molecule has 2 saturated heterocycles. The number of ether oxygens (including phenoxy) is 3. The molecule has 2 heterocycles. The van der Waals surface area contributed by atoms with Crippen LogP contribution in [0.25, 0.3) is 0 Å². The van der Waals surface area contributed by atoms with Crippen LogP contribution in [0.4, 0.5) is 0 Å². The maximum atomic E-state index is 5.56. The molecule has 2 rings (SSSR count). The van der Waals surface area contributed by atoms with E-state index in [2.05, 4.69) is 4.90 Å². The Bertz CT molecular complexity index is 199. The van der Waals surface area contributed by atoms with E-state index in [4.69, 9.17) is 14.2 Å². The summed E-state index contributed by atoms with van der Waals surface area (Å²) in [5.41, 5.74) is 0. The topological polar surface area (TPSA) is 30.9 Å². The van der Waals surface area contributed by atoms with Crippen molar-refractivity contribution >= 4 is 0 Å². The first-order valence-electron chi connectivity index (χ1n) is 6.83. The molecule has 4 nitrogen and oxygen atoms in total. The van der Waals surface area contributed by atoms with Crippen LogP contribution in [0.5, 0.6) is 0 Å². The minimum atomic E-state index is 0.0421. The van der Waals surface area contributed by atoms with E-state index < -0.39 is 0 Å². The van der Waals surface area contributed by atoms with Crippen molar-refractivity contribution < 1.29 is 14.2 Å². The van der Waals surface area contributed by atoms with Crippen LogP contribution < -0.4 is 0 Å². The van der Waals surface area contributed by atoms with Crippen LogP contribution in [0.15, 0.2) is 0 Å². The van der Waals surface area contributed by atoms with Crippen molar-refractivity contribution in [1.29, 1.82) is 0 Å². The molecule has 0 aliphatic carbocycles. The molecule has 17 heavy (non-hydrogen) atoms. The summed E-state index contributed by atoms with van der Waals surface area (Å²) in [7, 11) is 1.80. The molecule has 0 N–H and O–H groups in total. The van der Waals surface area contributed by atoms with Crippen LogP contribution in [0.2, 0.25) is 0 Å². The van der Waals surface area contributed by atoms with Gasteiger partial charge in [0.25, 0.3) is 0 Å². The van der Waals surface area contributed by atoms with Gasteiger partial charge in [0.05, 0.1) is 13.2 Å². The summed E-state index contributed by atoms with van der Waals surface area (Å²) in [5, 5.41) is 0. The van der Waals surface area contributed by atoms with E-state index in [1.54, 1.807) is 7.11 Å². The van der Waals surface area contributed by atoms with E-state index in [0.717, 1.165) is 45.1 Å². The highest BCUT2D eigenvalue weighted by atomic mass is 16.7. The summed E-state index contributed by atoms with van der Waals surface area (Å²) in [4.78, 5) is 2.52. The number of methoxy groups -OCH3 is 1. The molecule has 2 aliphatic rings. The minimum absolute atomic E-state index is 0.0421. The predicted octanol–water partition coefficient (Wildman–Crippen LogP) is 1.50. The molecule has 0 atom stereocenters. The van der Waals surface area contributed by atoms with Gasteiger partial charge in [-0.05, 0) is 38.3 Å². The molecule has 0 aromatic rings. The lowest BCUT2D eigenvalue weighted by atomic mass is 9.98. The number of nitrogens with zero attached hydrogens (tertiary/aromatic N) is 1. The summed E-state index contributed by atoms with van der Waals surface area (Å²) < 4.78 is 16.3. The lowest BCUT2D eigenvalue weighted by Gasteiger charge is -2.33. The Kier molecular flexibility index (Phi) is 5.71. The third-order valence-corrected chi connectivity index (χ3v) is 3.69. The molecule has 2 aliphatic heterocycles. The predicted molar refractivity (Wildman–Crippen MR) is 66.0 cm³/mol. The monoisotopic (exact) mass is 243 g/mol. The van der Waals surface area contributed by atoms with Crippen LogP contribution >= 0.6 is 0 Å². The van der Waals surface area contributed by atoms with Gasteiger partial charge in [-0.3, -0.25) is 0 Å². The van der Waals surface area contributed by atoms with Gasteiger partial charge < -0.3 is 19.1 Å². The normalized spacial score (nSPS) is 25.2. The SMILES string of the molecule is COCC1CCN(CCC2OCCCO2)CC1. The number of piperidine rings is 1. The zero-order valence-corrected chi connectivity index (χ0v) is 10.9. The van der Waals surface area contributed by atoms with E-state index in [0.29, 0.717) is 0 Å². The molecule has 100 valence electrons. The molecule has 0 aromatic carbocycles. The Labute approximate surface area is 104 Å². The van der Waals surface area contributed by atoms with E-state index >= 15 is 0 Å². The van der Waals surface area contributed by atoms with Crippen LogP contribution in [0, 0.1) is 5.92 Å². The average Bonchev–Trinajstić information content (AvgIpc) is 2.40. The Morgan fingerprint density at radius 1 is 1.18 bits per heavy atom. The molecule has 0 spiro atoms. The molecule has 0 bridgehead atoms. The summed E-state index contributed by atoms with van der Waals surface area (Å²) in [6, 6.07) is 0. The fourth-order valence-corrected chi connectivity index (χ4v) is 2.60. The van der Waals surface area contributed by atoms with E-state index in [1.807, 2.05) is 0 Å². The smallest absolute Gasteiger partial charge is 0.158 e. The van der Waals surface area contributed by atoms with Crippen molar-refractivity contribution in [2.24, 2.45) is 5.92 Å². The van der Waals surface area contributed by atoms with E-state index in [9.17, 15) is 0 Å². The maximum Gasteiger partial charge on any atom is 0.158 e. The average molecular weight is 243 g/mol. The second-order valence-corrected chi connectivity index (χ2v) is 5.05. The lowest BCUT2D eigenvalue weighted by Crippen LogP contribution is -2.38. The first-order chi connectivity index (χ1) is 8.38. The number of hydrogen-bond donors (Lipinski definition) is 0. The van der Waals surface area contributed by atoms with Crippen LogP contribution in [-0.4, -0.2) is 57.8 Å². The number of rotatable bonds is 5. The zero-order valence-electron chi connectivity index (χ0n) is 10.9. The molecule has 0 aromatic heterocycles. The lowest BCUT2D eigenvalue weighted by molar-refractivity contribution is -0.183. The molecular formula is C13H25NO3. The first kappa shape index (κ1) is 13.3. The van der Waals surface area contributed by atoms with Gasteiger partial charge >= 0.3 is 0 Å². The summed E-state index contributed by atoms with van der Waals surface area (Å²) >= 11 is 0. The van der Waals surface area contributed by atoms with Gasteiger partial charge in [-0.2, -0.15) is 0 Å². The number of hydrogen-bond acceptors (Lipinski definition) is 4. The largest absolute Gasteiger partial charge is 0.384 e. The van der Waals surface area contributed by atoms with E-state index in [1.165, 1.54) is 25.9 Å². The Hall–Kier alpha value is -0.160. The standard InChI is InChI=1S/C13H25NO3/c1-15-11-12-3-6-14(7-4-12)8-5-13-16-9-2-10-17-13/h12-13H,2-11H2,1H3. The van der Waals surface area contributed by atoms with Crippen LogP contribution in [-0.2, 0) is 14.2 Å². The molecule has 0 saturated carbocycles. The molecule has 4 heteroatoms. The molecule has 0 unspecified atom stereocenters. The van der Waals surface area contributed by atoms with Gasteiger partial charge in [-0.25, -0.2) is 0 Å². The van der Waals surface area contributed by atoms with Crippen LogP contribution in [0.1, 0.15) is 25.7 Å². The Morgan fingerprint density at radius 2 is 1.88 bits per heavy atom. The van der Waals surface area contributed by atoms with Crippen molar-refractivity contribution in [3.8, 4) is 0 Å². The highest BCUT2D eigenvalue weighted by molar-refractivity contribution is 4.72. The summed E-state index contributed by atoms with van der Waals surface area (Å²) in [6.45, 7) is 6.13. The second-order valence-electron chi connectivity index (χ2n) is 5.05. The van der Waals surface area contributed by atoms with Gasteiger partial charge in [-0.1, -0.05) is 0 Å². The highest BCUT2D eigenvalue weighted by Crippen LogP contribution is 2.18. The van der Waals surface area contributed by atoms with Crippen molar-refractivity contribution in [1.82, 2.24) is 4.90 Å². The molecule has 2 fully saturated rings. The quantitative estimate of drug-likeness (QED) is 0.732. The van der Waals surface area contributed by atoms with Crippen LogP contribution in [0.3, 0.4) is 0 Å². The fourth-order valence-electron chi connectivity index (χ4n) is 2.60. The summed E-state index contributed by atoms with van der Waals surface area (Å²) in [5.74, 6) is 0.762. The van der Waals surface area contributed by atoms with Crippen molar-refractivity contribution in [2.75, 3.05) is 46.6 Å². The number of likely N-dealkylation sites (tertiary alicyclic amines) is 1. The van der Waals surface area contributed by atoms with Crippen molar-refractivity contribution in [2.45, 2.75) is 32.0 Å². The summed E-state index contributed by atoms with van der Waals surface area (Å²) in [6.07, 6.45) is 4.62. The maximum absolute atomic E-state index is 5.56. The van der Waals surface area contributed by atoms with Crippen molar-refractivity contribution in [3.63, 3.8) is 0 Å². The fraction of sp³-hybridized carbons (Fsp3) is 1.00. The van der Waals surface area contributed by atoms with Gasteiger partial charge in [0.15, 0.2) is 6.29 Å². The van der Waals surface area contributed by atoms with Gasteiger partial charge in [0, 0.05) is 26.7 Å². The third kappa shape index (κ3) is 4.54. The zero-order chi connectivity index (χ0) is 11.9. The first-order valence-corrected chi connectivity index (χ1v) is 6.83. The van der Waals surface area contributed by atoms with Crippen molar-refractivity contribution in [3.05, 3.63) is 0 Å². The second kappa shape index (κ2) is 7.31.